The lowest BCUT2D eigenvalue weighted by atomic mass is 9.88. The molecule has 1 amide bonds. The van der Waals surface area contributed by atoms with Gasteiger partial charge in [0, 0.05) is 23.8 Å². The molecular formula is C21H29ClN2OS. The Labute approximate surface area is 166 Å². The molecule has 2 aliphatic rings. The van der Waals surface area contributed by atoms with E-state index in [1.165, 1.54) is 55.3 Å². The molecule has 1 aromatic heterocycles. The number of benzene rings is 1. The number of halogens is 1. The van der Waals surface area contributed by atoms with Gasteiger partial charge in [-0.15, -0.1) is 23.7 Å². The molecule has 0 unspecified atom stereocenters. The number of fused-ring (bicyclic) bond motifs is 1. The number of amides is 1. The molecule has 142 valence electrons. The summed E-state index contributed by atoms with van der Waals surface area (Å²) in [6.07, 6.45) is 8.15. The fourth-order valence-electron chi connectivity index (χ4n) is 4.64. The van der Waals surface area contributed by atoms with Gasteiger partial charge >= 0.3 is 0 Å². The quantitative estimate of drug-likeness (QED) is 0.750. The second kappa shape index (κ2) is 8.73. The van der Waals surface area contributed by atoms with E-state index in [1.54, 1.807) is 11.3 Å². The number of carbonyl (C=O) groups is 1. The SMILES string of the molecule is CN(C(=O)Cc1ccc2ccsc2c1)[C@@H]1CCCC[C@H]1N1CCCC1.Cl. The van der Waals surface area contributed by atoms with Crippen LogP contribution in [0.15, 0.2) is 29.6 Å². The second-order valence-electron chi connectivity index (χ2n) is 7.64. The van der Waals surface area contributed by atoms with Crippen LogP contribution in [0.1, 0.15) is 44.1 Å². The highest BCUT2D eigenvalue weighted by Gasteiger charge is 2.35. The van der Waals surface area contributed by atoms with Crippen LogP contribution >= 0.6 is 23.7 Å². The van der Waals surface area contributed by atoms with Gasteiger partial charge in [-0.2, -0.15) is 0 Å². The van der Waals surface area contributed by atoms with Crippen molar-refractivity contribution in [3.8, 4) is 0 Å². The zero-order valence-corrected chi connectivity index (χ0v) is 17.2. The standard InChI is InChI=1S/C21H28N2OS.ClH/c1-22(18-6-2-3-7-19(18)23-11-4-5-12-23)21(24)15-16-8-9-17-10-13-25-20(17)14-16;/h8-10,13-14,18-19H,2-7,11-12,15H2,1H3;1H/t18-,19-;/m1./s1. The van der Waals surface area contributed by atoms with Crippen molar-refractivity contribution >= 4 is 39.7 Å². The Morgan fingerprint density at radius 3 is 2.73 bits per heavy atom. The zero-order valence-electron chi connectivity index (χ0n) is 15.5. The summed E-state index contributed by atoms with van der Waals surface area (Å²) >= 11 is 1.75. The molecule has 2 fully saturated rings. The van der Waals surface area contributed by atoms with E-state index in [4.69, 9.17) is 0 Å². The minimum Gasteiger partial charge on any atom is -0.341 e. The third kappa shape index (κ3) is 4.08. The van der Waals surface area contributed by atoms with Gasteiger partial charge < -0.3 is 4.90 Å². The normalized spacial score (nSPS) is 23.7. The summed E-state index contributed by atoms with van der Waals surface area (Å²) in [7, 11) is 2.03. The van der Waals surface area contributed by atoms with Gasteiger partial charge in [-0.3, -0.25) is 9.69 Å². The number of thiophene rings is 1. The Morgan fingerprint density at radius 2 is 1.92 bits per heavy atom. The lowest BCUT2D eigenvalue weighted by Gasteiger charge is -2.42. The third-order valence-corrected chi connectivity index (χ3v) is 6.95. The molecule has 1 aliphatic heterocycles. The van der Waals surface area contributed by atoms with E-state index in [9.17, 15) is 4.79 Å². The first kappa shape index (κ1) is 19.7. The largest absolute Gasteiger partial charge is 0.341 e. The molecule has 1 saturated carbocycles. The Balaban J connectivity index is 0.00000196. The van der Waals surface area contributed by atoms with Gasteiger partial charge in [-0.25, -0.2) is 0 Å². The van der Waals surface area contributed by atoms with Crippen molar-refractivity contribution in [3.63, 3.8) is 0 Å². The van der Waals surface area contributed by atoms with E-state index in [0.717, 1.165) is 12.0 Å². The molecule has 2 heterocycles. The molecule has 0 bridgehead atoms. The molecule has 1 aromatic carbocycles. The summed E-state index contributed by atoms with van der Waals surface area (Å²) in [5.41, 5.74) is 1.14. The van der Waals surface area contributed by atoms with Crippen molar-refractivity contribution in [2.24, 2.45) is 0 Å². The molecule has 3 nitrogen and oxygen atoms in total. The second-order valence-corrected chi connectivity index (χ2v) is 8.58. The maximum Gasteiger partial charge on any atom is 0.227 e. The average molecular weight is 393 g/mol. The smallest absolute Gasteiger partial charge is 0.227 e. The summed E-state index contributed by atoms with van der Waals surface area (Å²) < 4.78 is 1.28. The molecule has 1 saturated heterocycles. The maximum absolute atomic E-state index is 13.0. The summed E-state index contributed by atoms with van der Waals surface area (Å²) in [4.78, 5) is 17.7. The minimum atomic E-state index is 0. The predicted octanol–water partition coefficient (Wildman–Crippen LogP) is 4.73. The molecule has 0 spiro atoms. The van der Waals surface area contributed by atoms with E-state index >= 15 is 0 Å². The van der Waals surface area contributed by atoms with E-state index in [-0.39, 0.29) is 18.3 Å². The van der Waals surface area contributed by atoms with Gasteiger partial charge in [0.2, 0.25) is 5.91 Å². The van der Waals surface area contributed by atoms with Crippen LogP contribution in [0.5, 0.6) is 0 Å². The van der Waals surface area contributed by atoms with Crippen molar-refractivity contribution in [1.29, 1.82) is 0 Å². The third-order valence-electron chi connectivity index (χ3n) is 6.07. The predicted molar refractivity (Wildman–Crippen MR) is 112 cm³/mol. The van der Waals surface area contributed by atoms with E-state index in [2.05, 4.69) is 39.4 Å². The van der Waals surface area contributed by atoms with E-state index < -0.39 is 0 Å². The molecule has 1 aliphatic carbocycles. The molecule has 0 N–H and O–H groups in total. The molecular weight excluding hydrogens is 364 g/mol. The van der Waals surface area contributed by atoms with Crippen LogP contribution < -0.4 is 0 Å². The van der Waals surface area contributed by atoms with E-state index in [0.29, 0.717) is 18.5 Å². The van der Waals surface area contributed by atoms with Crippen LogP contribution in [-0.2, 0) is 11.2 Å². The van der Waals surface area contributed by atoms with Gasteiger partial charge in [0.25, 0.3) is 0 Å². The van der Waals surface area contributed by atoms with Crippen molar-refractivity contribution in [3.05, 3.63) is 35.2 Å². The van der Waals surface area contributed by atoms with Gasteiger partial charge in [-0.1, -0.05) is 25.0 Å². The fourth-order valence-corrected chi connectivity index (χ4v) is 5.49. The lowest BCUT2D eigenvalue weighted by molar-refractivity contribution is -0.133. The highest BCUT2D eigenvalue weighted by Crippen LogP contribution is 2.29. The Hall–Kier alpha value is -1.10. The average Bonchev–Trinajstić information content (AvgIpc) is 3.32. The molecule has 5 heteroatoms. The maximum atomic E-state index is 13.0. The van der Waals surface area contributed by atoms with Crippen molar-refractivity contribution in [2.75, 3.05) is 20.1 Å². The number of nitrogens with zero attached hydrogens (tertiary/aromatic N) is 2. The van der Waals surface area contributed by atoms with Crippen LogP contribution in [0.25, 0.3) is 10.1 Å². The van der Waals surface area contributed by atoms with Crippen LogP contribution in [0.2, 0.25) is 0 Å². The number of likely N-dealkylation sites (tertiary alicyclic amines) is 1. The van der Waals surface area contributed by atoms with Crippen molar-refractivity contribution < 1.29 is 4.79 Å². The Kier molecular flexibility index (Phi) is 6.60. The summed E-state index contributed by atoms with van der Waals surface area (Å²) in [6, 6.07) is 9.54. The van der Waals surface area contributed by atoms with Crippen LogP contribution in [-0.4, -0.2) is 47.9 Å². The molecule has 2 aromatic rings. The fraction of sp³-hybridized carbons (Fsp3) is 0.571. The van der Waals surface area contributed by atoms with Crippen LogP contribution in [0, 0.1) is 0 Å². The number of rotatable bonds is 4. The monoisotopic (exact) mass is 392 g/mol. The molecule has 4 rings (SSSR count). The molecule has 2 atom stereocenters. The van der Waals surface area contributed by atoms with Gasteiger partial charge in [0.15, 0.2) is 0 Å². The van der Waals surface area contributed by atoms with Gasteiger partial charge in [0.05, 0.1) is 6.42 Å². The molecule has 26 heavy (non-hydrogen) atoms. The van der Waals surface area contributed by atoms with Gasteiger partial charge in [0.1, 0.15) is 0 Å². The molecule has 0 radical (unpaired) electrons. The zero-order chi connectivity index (χ0) is 17.2. The lowest BCUT2D eigenvalue weighted by Crippen LogP contribution is -2.53. The first-order chi connectivity index (χ1) is 12.2. The highest BCUT2D eigenvalue weighted by atomic mass is 35.5. The number of hydrogen-bond acceptors (Lipinski definition) is 3. The summed E-state index contributed by atoms with van der Waals surface area (Å²) in [5, 5.41) is 3.39. The van der Waals surface area contributed by atoms with E-state index in [1.807, 2.05) is 7.05 Å². The number of likely N-dealkylation sites (N-methyl/N-ethyl adjacent to an activating group) is 1. The van der Waals surface area contributed by atoms with Crippen molar-refractivity contribution in [2.45, 2.75) is 57.0 Å². The Morgan fingerprint density at radius 1 is 1.15 bits per heavy atom. The summed E-state index contributed by atoms with van der Waals surface area (Å²) in [6.45, 7) is 2.44. The van der Waals surface area contributed by atoms with Crippen LogP contribution in [0.3, 0.4) is 0 Å². The first-order valence-electron chi connectivity index (χ1n) is 9.68. The number of carbonyl (C=O) groups excluding carboxylic acids is 1. The summed E-state index contributed by atoms with van der Waals surface area (Å²) in [5.74, 6) is 0.270. The van der Waals surface area contributed by atoms with Crippen molar-refractivity contribution in [1.82, 2.24) is 9.80 Å². The van der Waals surface area contributed by atoms with Gasteiger partial charge in [-0.05, 0) is 67.2 Å². The number of hydrogen-bond donors (Lipinski definition) is 0. The topological polar surface area (TPSA) is 23.6 Å². The Bertz CT molecular complexity index is 740. The first-order valence-corrected chi connectivity index (χ1v) is 10.6. The highest BCUT2D eigenvalue weighted by molar-refractivity contribution is 7.17. The van der Waals surface area contributed by atoms with Crippen LogP contribution in [0.4, 0.5) is 0 Å². The minimum absolute atomic E-state index is 0.